The lowest BCUT2D eigenvalue weighted by molar-refractivity contribution is 0.694. The molecule has 3 nitrogen and oxygen atoms in total. The predicted molar refractivity (Wildman–Crippen MR) is 47.0 cm³/mol. The molecule has 1 aliphatic rings. The first-order valence-corrected chi connectivity index (χ1v) is 3.93. The number of allylic oxidation sites excluding steroid dienone is 1. The topological polar surface area (TPSA) is 38.1 Å². The van der Waals surface area contributed by atoms with E-state index < -0.39 is 0 Å². The average Bonchev–Trinajstić information content (AvgIpc) is 2.21. The van der Waals surface area contributed by atoms with E-state index in [1.807, 2.05) is 24.4 Å². The van der Waals surface area contributed by atoms with Gasteiger partial charge in [-0.25, -0.2) is 0 Å². The van der Waals surface area contributed by atoms with Crippen molar-refractivity contribution in [2.75, 3.05) is 0 Å². The summed E-state index contributed by atoms with van der Waals surface area (Å²) in [4.78, 5) is 4.29. The summed E-state index contributed by atoms with van der Waals surface area (Å²) < 4.78 is 0. The van der Waals surface area contributed by atoms with Crippen LogP contribution >= 0.6 is 0 Å². The molecule has 0 saturated heterocycles. The number of aromatic nitrogens is 2. The van der Waals surface area contributed by atoms with Gasteiger partial charge in [-0.2, -0.15) is 10.2 Å². The normalized spacial score (nSPS) is 21.2. The predicted octanol–water partition coefficient (Wildman–Crippen LogP) is 1.55. The summed E-state index contributed by atoms with van der Waals surface area (Å²) in [5.74, 6) is 0. The Morgan fingerprint density at radius 1 is 1.42 bits per heavy atom. The van der Waals surface area contributed by atoms with E-state index in [0.717, 1.165) is 12.1 Å². The summed E-state index contributed by atoms with van der Waals surface area (Å²) in [6.07, 6.45) is 8.45. The molecule has 1 aromatic rings. The van der Waals surface area contributed by atoms with E-state index in [0.29, 0.717) is 0 Å². The van der Waals surface area contributed by atoms with Gasteiger partial charge in [0, 0.05) is 12.4 Å². The fourth-order valence-electron chi connectivity index (χ4n) is 1.17. The van der Waals surface area contributed by atoms with E-state index >= 15 is 0 Å². The first kappa shape index (κ1) is 7.16. The Balaban J connectivity index is 2.21. The van der Waals surface area contributed by atoms with E-state index in [1.165, 1.54) is 0 Å². The summed E-state index contributed by atoms with van der Waals surface area (Å²) in [6.45, 7) is 0. The standard InChI is InChI=1S/C9H9N3/c1-2-6-10-8(4-1)9-5-3-7-11-12-9/h1-3,5-8H,4H2. The fraction of sp³-hybridized carbons (Fsp3) is 0.222. The molecule has 2 rings (SSSR count). The van der Waals surface area contributed by atoms with E-state index in [9.17, 15) is 0 Å². The highest BCUT2D eigenvalue weighted by molar-refractivity contribution is 5.72. The summed E-state index contributed by atoms with van der Waals surface area (Å²) in [7, 11) is 0. The molecular formula is C9H9N3. The number of nitrogens with zero attached hydrogens (tertiary/aromatic N) is 3. The average molecular weight is 159 g/mol. The van der Waals surface area contributed by atoms with Crippen molar-refractivity contribution in [3.05, 3.63) is 36.2 Å². The van der Waals surface area contributed by atoms with Crippen molar-refractivity contribution in [3.8, 4) is 0 Å². The molecule has 0 N–H and O–H groups in total. The Bertz CT molecular complexity index is 303. The molecular weight excluding hydrogens is 150 g/mol. The van der Waals surface area contributed by atoms with Crippen LogP contribution in [0.15, 0.2) is 35.5 Å². The highest BCUT2D eigenvalue weighted by Gasteiger charge is 2.09. The van der Waals surface area contributed by atoms with Crippen molar-refractivity contribution < 1.29 is 0 Å². The summed E-state index contributed by atoms with van der Waals surface area (Å²) in [5, 5.41) is 7.82. The fourth-order valence-corrected chi connectivity index (χ4v) is 1.17. The Hall–Kier alpha value is -1.51. The highest BCUT2D eigenvalue weighted by atomic mass is 15.1. The zero-order valence-electron chi connectivity index (χ0n) is 6.59. The third-order valence-electron chi connectivity index (χ3n) is 1.78. The molecule has 60 valence electrons. The van der Waals surface area contributed by atoms with Crippen LogP contribution in [0.5, 0.6) is 0 Å². The lowest BCUT2D eigenvalue weighted by atomic mass is 10.1. The third kappa shape index (κ3) is 1.39. The van der Waals surface area contributed by atoms with Crippen LogP contribution < -0.4 is 0 Å². The van der Waals surface area contributed by atoms with Gasteiger partial charge in [0.25, 0.3) is 0 Å². The highest BCUT2D eigenvalue weighted by Crippen LogP contribution is 2.20. The lowest BCUT2D eigenvalue weighted by Gasteiger charge is -2.09. The van der Waals surface area contributed by atoms with Crippen LogP contribution in [0.2, 0.25) is 0 Å². The molecule has 0 aromatic carbocycles. The molecule has 0 amide bonds. The molecule has 1 unspecified atom stereocenters. The minimum absolute atomic E-state index is 0.170. The third-order valence-corrected chi connectivity index (χ3v) is 1.78. The Morgan fingerprint density at radius 3 is 3.08 bits per heavy atom. The van der Waals surface area contributed by atoms with Gasteiger partial charge in [-0.1, -0.05) is 6.08 Å². The van der Waals surface area contributed by atoms with E-state index in [-0.39, 0.29) is 6.04 Å². The molecule has 2 heterocycles. The smallest absolute Gasteiger partial charge is 0.0972 e. The maximum absolute atomic E-state index is 4.29. The van der Waals surface area contributed by atoms with Crippen LogP contribution in [0.4, 0.5) is 0 Å². The second-order valence-corrected chi connectivity index (χ2v) is 2.63. The molecule has 0 saturated carbocycles. The zero-order valence-corrected chi connectivity index (χ0v) is 6.59. The van der Waals surface area contributed by atoms with E-state index in [2.05, 4.69) is 21.3 Å². The molecule has 1 atom stereocenters. The first-order chi connectivity index (χ1) is 5.97. The van der Waals surface area contributed by atoms with Gasteiger partial charge in [-0.15, -0.1) is 0 Å². The van der Waals surface area contributed by atoms with E-state index in [1.54, 1.807) is 6.20 Å². The van der Waals surface area contributed by atoms with Crippen molar-refractivity contribution in [3.63, 3.8) is 0 Å². The van der Waals surface area contributed by atoms with Crippen LogP contribution in [0.3, 0.4) is 0 Å². The van der Waals surface area contributed by atoms with Crippen LogP contribution in [-0.2, 0) is 0 Å². The molecule has 1 aromatic heterocycles. The van der Waals surface area contributed by atoms with Crippen molar-refractivity contribution in [1.29, 1.82) is 0 Å². The van der Waals surface area contributed by atoms with Gasteiger partial charge in [0.15, 0.2) is 0 Å². The van der Waals surface area contributed by atoms with Gasteiger partial charge < -0.3 is 0 Å². The molecule has 0 aliphatic carbocycles. The van der Waals surface area contributed by atoms with Crippen LogP contribution in [-0.4, -0.2) is 16.4 Å². The quantitative estimate of drug-likeness (QED) is 0.623. The lowest BCUT2D eigenvalue weighted by Crippen LogP contribution is -2.01. The van der Waals surface area contributed by atoms with Crippen LogP contribution in [0.1, 0.15) is 18.2 Å². The molecule has 3 heteroatoms. The van der Waals surface area contributed by atoms with E-state index in [4.69, 9.17) is 0 Å². The molecule has 1 aliphatic heterocycles. The van der Waals surface area contributed by atoms with Gasteiger partial charge >= 0.3 is 0 Å². The van der Waals surface area contributed by atoms with Gasteiger partial charge in [0.05, 0.1) is 11.7 Å². The molecule has 12 heavy (non-hydrogen) atoms. The minimum atomic E-state index is 0.170. The molecule has 0 spiro atoms. The second-order valence-electron chi connectivity index (χ2n) is 2.63. The van der Waals surface area contributed by atoms with Gasteiger partial charge in [0.1, 0.15) is 0 Å². The number of rotatable bonds is 1. The number of hydrogen-bond donors (Lipinski definition) is 0. The largest absolute Gasteiger partial charge is 0.283 e. The molecule has 0 bridgehead atoms. The van der Waals surface area contributed by atoms with Crippen molar-refractivity contribution in [2.24, 2.45) is 4.99 Å². The maximum atomic E-state index is 4.29. The Morgan fingerprint density at radius 2 is 2.42 bits per heavy atom. The maximum Gasteiger partial charge on any atom is 0.0972 e. The first-order valence-electron chi connectivity index (χ1n) is 3.93. The summed E-state index contributed by atoms with van der Waals surface area (Å²) in [5.41, 5.74) is 0.943. The number of aliphatic imine (C=N–C) groups is 1. The number of dihydropyridines is 1. The van der Waals surface area contributed by atoms with Crippen LogP contribution in [0, 0.1) is 0 Å². The summed E-state index contributed by atoms with van der Waals surface area (Å²) >= 11 is 0. The zero-order chi connectivity index (χ0) is 8.23. The van der Waals surface area contributed by atoms with Gasteiger partial charge in [0.2, 0.25) is 0 Å². The Kier molecular flexibility index (Phi) is 1.94. The second kappa shape index (κ2) is 3.26. The van der Waals surface area contributed by atoms with Crippen molar-refractivity contribution >= 4 is 6.21 Å². The monoisotopic (exact) mass is 159 g/mol. The molecule has 0 radical (unpaired) electrons. The minimum Gasteiger partial charge on any atom is -0.283 e. The van der Waals surface area contributed by atoms with Crippen molar-refractivity contribution in [1.82, 2.24) is 10.2 Å². The Labute approximate surface area is 70.9 Å². The molecule has 0 fully saturated rings. The van der Waals surface area contributed by atoms with Gasteiger partial charge in [-0.3, -0.25) is 4.99 Å². The SMILES string of the molecule is C1=CCC(c2cccnn2)N=C1. The number of hydrogen-bond acceptors (Lipinski definition) is 3. The van der Waals surface area contributed by atoms with Gasteiger partial charge in [-0.05, 0) is 24.6 Å². The summed E-state index contributed by atoms with van der Waals surface area (Å²) in [6, 6.07) is 4.01. The van der Waals surface area contributed by atoms with Crippen molar-refractivity contribution in [2.45, 2.75) is 12.5 Å². The van der Waals surface area contributed by atoms with Crippen LogP contribution in [0.25, 0.3) is 0 Å².